The van der Waals surface area contributed by atoms with Crippen molar-refractivity contribution in [3.63, 3.8) is 0 Å². The van der Waals surface area contributed by atoms with E-state index in [9.17, 15) is 9.18 Å². The monoisotopic (exact) mass is 360 g/mol. The molecular formula is C23H17FO3. The molecule has 4 heteroatoms. The predicted octanol–water partition coefficient (Wildman–Crippen LogP) is 5.33. The van der Waals surface area contributed by atoms with Crippen molar-refractivity contribution in [3.8, 4) is 11.5 Å². The number of carbonyl (C=O) groups is 1. The van der Waals surface area contributed by atoms with E-state index in [2.05, 4.69) is 0 Å². The second-order valence-electron chi connectivity index (χ2n) is 6.42. The molecule has 1 aliphatic heterocycles. The lowest BCUT2D eigenvalue weighted by Gasteiger charge is -2.07. The van der Waals surface area contributed by atoms with Crippen LogP contribution >= 0.6 is 0 Å². The number of fused-ring (bicyclic) bond motifs is 1. The van der Waals surface area contributed by atoms with Crippen LogP contribution in [-0.2, 0) is 6.61 Å². The van der Waals surface area contributed by atoms with Gasteiger partial charge in [0.15, 0.2) is 5.76 Å². The van der Waals surface area contributed by atoms with Gasteiger partial charge in [-0.3, -0.25) is 4.79 Å². The second-order valence-corrected chi connectivity index (χ2v) is 6.42. The van der Waals surface area contributed by atoms with E-state index >= 15 is 0 Å². The number of hydrogen-bond donors (Lipinski definition) is 0. The fourth-order valence-electron chi connectivity index (χ4n) is 2.82. The molecule has 1 heterocycles. The first-order valence-corrected chi connectivity index (χ1v) is 8.61. The summed E-state index contributed by atoms with van der Waals surface area (Å²) in [6, 6.07) is 19.2. The molecule has 0 saturated carbocycles. The first-order valence-electron chi connectivity index (χ1n) is 8.61. The van der Waals surface area contributed by atoms with Gasteiger partial charge in [0.2, 0.25) is 5.78 Å². The summed E-state index contributed by atoms with van der Waals surface area (Å²) in [4.78, 5) is 12.5. The Morgan fingerprint density at radius 3 is 2.48 bits per heavy atom. The van der Waals surface area contributed by atoms with Crippen LogP contribution in [0.3, 0.4) is 0 Å². The second kappa shape index (κ2) is 7.08. The minimum Gasteiger partial charge on any atom is -0.489 e. The molecule has 0 spiro atoms. The molecule has 134 valence electrons. The van der Waals surface area contributed by atoms with E-state index < -0.39 is 0 Å². The molecule has 4 rings (SSSR count). The number of hydrogen-bond acceptors (Lipinski definition) is 3. The summed E-state index contributed by atoms with van der Waals surface area (Å²) in [5.41, 5.74) is 3.45. The van der Waals surface area contributed by atoms with Gasteiger partial charge in [-0.25, -0.2) is 4.39 Å². The highest BCUT2D eigenvalue weighted by atomic mass is 19.1. The van der Waals surface area contributed by atoms with Crippen molar-refractivity contribution < 1.29 is 18.7 Å². The first kappa shape index (κ1) is 17.0. The van der Waals surface area contributed by atoms with Crippen molar-refractivity contribution in [1.82, 2.24) is 0 Å². The first-order chi connectivity index (χ1) is 13.1. The fourth-order valence-corrected chi connectivity index (χ4v) is 2.82. The molecule has 0 fully saturated rings. The van der Waals surface area contributed by atoms with Crippen molar-refractivity contribution >= 4 is 11.9 Å². The van der Waals surface area contributed by atoms with Crippen LogP contribution in [0.5, 0.6) is 11.5 Å². The quantitative estimate of drug-likeness (QED) is 0.590. The predicted molar refractivity (Wildman–Crippen MR) is 101 cm³/mol. The van der Waals surface area contributed by atoms with Gasteiger partial charge in [-0.2, -0.15) is 0 Å². The number of carbonyl (C=O) groups excluding carboxylic acids is 1. The molecule has 3 nitrogen and oxygen atoms in total. The molecule has 0 N–H and O–H groups in total. The minimum atomic E-state index is -0.325. The number of rotatable bonds is 4. The van der Waals surface area contributed by atoms with Gasteiger partial charge in [-0.05, 0) is 48.4 Å². The molecule has 0 saturated heterocycles. The molecule has 0 unspecified atom stereocenters. The lowest BCUT2D eigenvalue weighted by molar-refractivity contribution is 0.101. The molecule has 0 bridgehead atoms. The van der Waals surface area contributed by atoms with E-state index in [1.807, 2.05) is 31.2 Å². The van der Waals surface area contributed by atoms with Gasteiger partial charge in [0, 0.05) is 6.07 Å². The molecule has 0 atom stereocenters. The topological polar surface area (TPSA) is 35.5 Å². The van der Waals surface area contributed by atoms with Crippen LogP contribution in [-0.4, -0.2) is 5.78 Å². The fraction of sp³-hybridized carbons (Fsp3) is 0.0870. The summed E-state index contributed by atoms with van der Waals surface area (Å²) in [5.74, 6) is 0.793. The van der Waals surface area contributed by atoms with Crippen LogP contribution < -0.4 is 9.47 Å². The summed E-state index contributed by atoms with van der Waals surface area (Å²) >= 11 is 0. The average Bonchev–Trinajstić information content (AvgIpc) is 2.98. The molecule has 0 aliphatic carbocycles. The third-order valence-corrected chi connectivity index (χ3v) is 4.34. The Kier molecular flexibility index (Phi) is 4.47. The number of allylic oxidation sites excluding steroid dienone is 1. The molecule has 3 aromatic carbocycles. The van der Waals surface area contributed by atoms with E-state index in [4.69, 9.17) is 9.47 Å². The van der Waals surface area contributed by atoms with Gasteiger partial charge in [-0.1, -0.05) is 42.0 Å². The Bertz CT molecular complexity index is 1020. The van der Waals surface area contributed by atoms with Crippen LogP contribution in [0.4, 0.5) is 4.39 Å². The van der Waals surface area contributed by atoms with Crippen LogP contribution in [0.15, 0.2) is 72.5 Å². The maximum absolute atomic E-state index is 13.0. The lowest BCUT2D eigenvalue weighted by Crippen LogP contribution is -1.98. The van der Waals surface area contributed by atoms with E-state index in [0.29, 0.717) is 29.2 Å². The Balaban J connectivity index is 1.50. The number of Topliss-reactive ketones (excluding diaryl/α,β-unsaturated/α-hetero) is 1. The zero-order valence-corrected chi connectivity index (χ0v) is 14.7. The smallest absolute Gasteiger partial charge is 0.231 e. The van der Waals surface area contributed by atoms with Gasteiger partial charge in [0.1, 0.15) is 23.9 Å². The van der Waals surface area contributed by atoms with E-state index in [-0.39, 0.29) is 17.4 Å². The largest absolute Gasteiger partial charge is 0.489 e. The lowest BCUT2D eigenvalue weighted by atomic mass is 10.1. The standard InChI is InChI=1S/C23H17FO3/c1-15-2-4-17(5-3-15)14-26-19-10-11-20-21(13-19)27-22(23(20)25)12-16-6-8-18(24)9-7-16/h2-13H,14H2,1H3/b22-12-. The maximum Gasteiger partial charge on any atom is 0.231 e. The minimum absolute atomic E-state index is 0.195. The number of ketones is 1. The van der Waals surface area contributed by atoms with Crippen molar-refractivity contribution in [2.24, 2.45) is 0 Å². The molecule has 0 aromatic heterocycles. The normalized spacial score (nSPS) is 14.1. The average molecular weight is 360 g/mol. The van der Waals surface area contributed by atoms with Crippen molar-refractivity contribution in [1.29, 1.82) is 0 Å². The summed E-state index contributed by atoms with van der Waals surface area (Å²) < 4.78 is 24.5. The van der Waals surface area contributed by atoms with Gasteiger partial charge >= 0.3 is 0 Å². The highest BCUT2D eigenvalue weighted by Crippen LogP contribution is 2.35. The van der Waals surface area contributed by atoms with Crippen LogP contribution in [0.2, 0.25) is 0 Å². The van der Waals surface area contributed by atoms with Crippen LogP contribution in [0.1, 0.15) is 27.0 Å². The molecule has 0 radical (unpaired) electrons. The molecular weight excluding hydrogens is 343 g/mol. The van der Waals surface area contributed by atoms with E-state index in [0.717, 1.165) is 5.56 Å². The number of ether oxygens (including phenoxy) is 2. The van der Waals surface area contributed by atoms with Gasteiger partial charge < -0.3 is 9.47 Å². The number of aryl methyl sites for hydroxylation is 1. The third-order valence-electron chi connectivity index (χ3n) is 4.34. The molecule has 27 heavy (non-hydrogen) atoms. The number of halogens is 1. The Morgan fingerprint density at radius 2 is 1.74 bits per heavy atom. The SMILES string of the molecule is Cc1ccc(COc2ccc3c(c2)O/C(=C\c2ccc(F)cc2)C3=O)cc1. The molecule has 3 aromatic rings. The summed E-state index contributed by atoms with van der Waals surface area (Å²) in [6.07, 6.45) is 1.61. The Morgan fingerprint density at radius 1 is 1.00 bits per heavy atom. The molecule has 0 amide bonds. The summed E-state index contributed by atoms with van der Waals surface area (Å²) in [7, 11) is 0. The van der Waals surface area contributed by atoms with Crippen molar-refractivity contribution in [2.45, 2.75) is 13.5 Å². The summed E-state index contributed by atoms with van der Waals surface area (Å²) in [5, 5.41) is 0. The van der Waals surface area contributed by atoms with Gasteiger partial charge in [0.25, 0.3) is 0 Å². The Hall–Kier alpha value is -3.40. The summed E-state index contributed by atoms with van der Waals surface area (Å²) in [6.45, 7) is 2.47. The van der Waals surface area contributed by atoms with Crippen LogP contribution in [0.25, 0.3) is 6.08 Å². The van der Waals surface area contributed by atoms with Gasteiger partial charge in [0.05, 0.1) is 5.56 Å². The third kappa shape index (κ3) is 3.75. The zero-order valence-electron chi connectivity index (χ0n) is 14.7. The van der Waals surface area contributed by atoms with E-state index in [1.54, 1.807) is 36.4 Å². The highest BCUT2D eigenvalue weighted by Gasteiger charge is 2.27. The van der Waals surface area contributed by atoms with Crippen LogP contribution in [0, 0.1) is 12.7 Å². The molecule has 1 aliphatic rings. The van der Waals surface area contributed by atoms with Crippen molar-refractivity contribution in [2.75, 3.05) is 0 Å². The Labute approximate surface area is 156 Å². The van der Waals surface area contributed by atoms with E-state index in [1.165, 1.54) is 17.7 Å². The number of benzene rings is 3. The van der Waals surface area contributed by atoms with Crippen molar-refractivity contribution in [3.05, 3.63) is 101 Å². The zero-order chi connectivity index (χ0) is 18.8. The highest BCUT2D eigenvalue weighted by molar-refractivity contribution is 6.14. The maximum atomic E-state index is 13.0. The van der Waals surface area contributed by atoms with Gasteiger partial charge in [-0.15, -0.1) is 0 Å².